The first-order valence-corrected chi connectivity index (χ1v) is 5.92. The molecule has 0 atom stereocenters. The van der Waals surface area contributed by atoms with Crippen molar-refractivity contribution < 1.29 is 4.74 Å². The summed E-state index contributed by atoms with van der Waals surface area (Å²) < 4.78 is 5.60. The fourth-order valence-corrected chi connectivity index (χ4v) is 1.22. The molecule has 0 heterocycles. The number of hydrogen-bond donors (Lipinski definition) is 2. The molecule has 0 aliphatic carbocycles. The van der Waals surface area contributed by atoms with Gasteiger partial charge in [-0.3, -0.25) is 0 Å². The maximum atomic E-state index is 5.60. The highest BCUT2D eigenvalue weighted by atomic mass is 16.5. The van der Waals surface area contributed by atoms with E-state index in [0.717, 1.165) is 24.3 Å². The molecule has 0 aliphatic heterocycles. The van der Waals surface area contributed by atoms with Crippen LogP contribution in [0.3, 0.4) is 0 Å². The van der Waals surface area contributed by atoms with E-state index in [1.54, 1.807) is 6.21 Å². The molecule has 0 spiro atoms. The van der Waals surface area contributed by atoms with Crippen molar-refractivity contribution in [1.82, 2.24) is 0 Å². The zero-order valence-corrected chi connectivity index (χ0v) is 10.8. The van der Waals surface area contributed by atoms with Gasteiger partial charge in [-0.1, -0.05) is 13.8 Å². The van der Waals surface area contributed by atoms with E-state index in [4.69, 9.17) is 16.2 Å². The maximum absolute atomic E-state index is 5.60. The minimum Gasteiger partial charge on any atom is -0.494 e. The molecule has 1 rings (SSSR count). The predicted octanol–water partition coefficient (Wildman–Crippen LogP) is 1.72. The summed E-state index contributed by atoms with van der Waals surface area (Å²) in [7, 11) is 0. The lowest BCUT2D eigenvalue weighted by atomic mass is 10.1. The highest BCUT2D eigenvalue weighted by Gasteiger charge is 1.96. The van der Waals surface area contributed by atoms with Crippen molar-refractivity contribution >= 4 is 12.2 Å². The largest absolute Gasteiger partial charge is 0.494 e. The molecule has 5 nitrogen and oxygen atoms in total. The van der Waals surface area contributed by atoms with Gasteiger partial charge in [-0.2, -0.15) is 5.10 Å². The first-order chi connectivity index (χ1) is 8.58. The van der Waals surface area contributed by atoms with Gasteiger partial charge in [0, 0.05) is 0 Å². The molecule has 5 heteroatoms. The molecule has 0 unspecified atom stereocenters. The van der Waals surface area contributed by atoms with Crippen LogP contribution >= 0.6 is 0 Å². The van der Waals surface area contributed by atoms with Crippen molar-refractivity contribution in [1.29, 1.82) is 0 Å². The van der Waals surface area contributed by atoms with Crippen molar-refractivity contribution in [3.05, 3.63) is 29.8 Å². The van der Waals surface area contributed by atoms with Crippen LogP contribution in [0.25, 0.3) is 0 Å². The lowest BCUT2D eigenvalue weighted by Gasteiger charge is -2.07. The number of benzene rings is 1. The van der Waals surface area contributed by atoms with Crippen molar-refractivity contribution in [3.8, 4) is 5.75 Å². The van der Waals surface area contributed by atoms with Gasteiger partial charge in [0.1, 0.15) is 5.75 Å². The second kappa shape index (κ2) is 7.32. The summed E-state index contributed by atoms with van der Waals surface area (Å²) in [5, 5.41) is 7.25. The monoisotopic (exact) mass is 248 g/mol. The molecule has 18 heavy (non-hydrogen) atoms. The van der Waals surface area contributed by atoms with E-state index in [9.17, 15) is 0 Å². The molecule has 0 radical (unpaired) electrons. The number of ether oxygens (including phenoxy) is 1. The molecule has 0 aliphatic rings. The van der Waals surface area contributed by atoms with E-state index in [0.29, 0.717) is 5.92 Å². The van der Waals surface area contributed by atoms with E-state index >= 15 is 0 Å². The van der Waals surface area contributed by atoms with Crippen LogP contribution in [-0.4, -0.2) is 18.8 Å². The highest BCUT2D eigenvalue weighted by Crippen LogP contribution is 2.12. The van der Waals surface area contributed by atoms with Crippen LogP contribution in [0.4, 0.5) is 0 Å². The Bertz CT molecular complexity index is 406. The second-order valence-corrected chi connectivity index (χ2v) is 4.37. The number of nitrogens with zero attached hydrogens (tertiary/aromatic N) is 2. The van der Waals surface area contributed by atoms with Gasteiger partial charge in [-0.15, -0.1) is 5.10 Å². The van der Waals surface area contributed by atoms with E-state index in [1.807, 2.05) is 24.3 Å². The second-order valence-electron chi connectivity index (χ2n) is 4.37. The Balaban J connectivity index is 2.47. The number of rotatable bonds is 6. The fourth-order valence-electron chi connectivity index (χ4n) is 1.22. The van der Waals surface area contributed by atoms with Gasteiger partial charge < -0.3 is 16.2 Å². The van der Waals surface area contributed by atoms with Gasteiger partial charge in [-0.05, 0) is 42.2 Å². The Hall–Kier alpha value is -2.04. The molecule has 0 fully saturated rings. The molecule has 1 aromatic carbocycles. The smallest absolute Gasteiger partial charge is 0.211 e. The SMILES string of the molecule is CC(C)CCOc1ccc(/C=N\N=C(N)N)cc1. The van der Waals surface area contributed by atoms with E-state index in [-0.39, 0.29) is 5.96 Å². The van der Waals surface area contributed by atoms with E-state index < -0.39 is 0 Å². The summed E-state index contributed by atoms with van der Waals surface area (Å²) >= 11 is 0. The van der Waals surface area contributed by atoms with Crippen molar-refractivity contribution in [2.24, 2.45) is 27.6 Å². The zero-order valence-electron chi connectivity index (χ0n) is 10.8. The third-order valence-electron chi connectivity index (χ3n) is 2.22. The third-order valence-corrected chi connectivity index (χ3v) is 2.22. The van der Waals surface area contributed by atoms with Gasteiger partial charge in [0.05, 0.1) is 12.8 Å². The molecule has 1 aromatic rings. The number of nitrogens with two attached hydrogens (primary N) is 2. The van der Waals surface area contributed by atoms with Gasteiger partial charge in [0.25, 0.3) is 0 Å². The standard InChI is InChI=1S/C13H20N4O/c1-10(2)7-8-18-12-5-3-11(4-6-12)9-16-17-13(14)15/h3-6,9-10H,7-8H2,1-2H3,(H4,14,15,17)/b16-9-. The highest BCUT2D eigenvalue weighted by molar-refractivity contribution is 5.81. The minimum absolute atomic E-state index is 0.0557. The van der Waals surface area contributed by atoms with Gasteiger partial charge in [0.15, 0.2) is 0 Å². The molecule has 0 amide bonds. The van der Waals surface area contributed by atoms with E-state index in [2.05, 4.69) is 24.1 Å². The number of guanidine groups is 1. The molecule has 0 aromatic heterocycles. The summed E-state index contributed by atoms with van der Waals surface area (Å²) in [6, 6.07) is 7.60. The maximum Gasteiger partial charge on any atom is 0.211 e. The molecular weight excluding hydrogens is 228 g/mol. The molecule has 0 bridgehead atoms. The molecule has 0 saturated heterocycles. The fraction of sp³-hybridized carbons (Fsp3) is 0.385. The molecule has 4 N–H and O–H groups in total. The van der Waals surface area contributed by atoms with E-state index in [1.165, 1.54) is 0 Å². The van der Waals surface area contributed by atoms with Crippen LogP contribution in [0.1, 0.15) is 25.8 Å². The molecule has 0 saturated carbocycles. The topological polar surface area (TPSA) is 86.0 Å². The Morgan fingerprint density at radius 2 is 1.94 bits per heavy atom. The van der Waals surface area contributed by atoms with Crippen LogP contribution in [0.5, 0.6) is 5.75 Å². The predicted molar refractivity (Wildman–Crippen MR) is 74.8 cm³/mol. The zero-order chi connectivity index (χ0) is 13.4. The minimum atomic E-state index is -0.0557. The summed E-state index contributed by atoms with van der Waals surface area (Å²) in [5.74, 6) is 1.45. The first kappa shape index (κ1) is 14.0. The van der Waals surface area contributed by atoms with Crippen LogP contribution in [0, 0.1) is 5.92 Å². The third kappa shape index (κ3) is 5.89. The van der Waals surface area contributed by atoms with Gasteiger partial charge >= 0.3 is 0 Å². The Labute approximate surface area is 108 Å². The van der Waals surface area contributed by atoms with Gasteiger partial charge in [0.2, 0.25) is 5.96 Å². The van der Waals surface area contributed by atoms with Crippen LogP contribution in [0.15, 0.2) is 34.5 Å². The summed E-state index contributed by atoms with van der Waals surface area (Å²) in [5.41, 5.74) is 11.2. The summed E-state index contributed by atoms with van der Waals surface area (Å²) in [6.45, 7) is 5.08. The molecule has 98 valence electrons. The summed E-state index contributed by atoms with van der Waals surface area (Å²) in [6.07, 6.45) is 2.63. The van der Waals surface area contributed by atoms with Gasteiger partial charge in [-0.25, -0.2) is 0 Å². The van der Waals surface area contributed by atoms with Crippen molar-refractivity contribution in [2.75, 3.05) is 6.61 Å². The quantitative estimate of drug-likeness (QED) is 0.456. The summed E-state index contributed by atoms with van der Waals surface area (Å²) in [4.78, 5) is 0. The van der Waals surface area contributed by atoms with Crippen LogP contribution in [0.2, 0.25) is 0 Å². The van der Waals surface area contributed by atoms with Crippen molar-refractivity contribution in [3.63, 3.8) is 0 Å². The van der Waals surface area contributed by atoms with Crippen molar-refractivity contribution in [2.45, 2.75) is 20.3 Å². The lowest BCUT2D eigenvalue weighted by molar-refractivity contribution is 0.289. The number of hydrogen-bond acceptors (Lipinski definition) is 3. The van der Waals surface area contributed by atoms with Crippen LogP contribution < -0.4 is 16.2 Å². The Kier molecular flexibility index (Phi) is 5.70. The lowest BCUT2D eigenvalue weighted by Crippen LogP contribution is -2.21. The molecular formula is C13H20N4O. The Morgan fingerprint density at radius 1 is 1.28 bits per heavy atom. The normalized spacial score (nSPS) is 10.8. The average molecular weight is 248 g/mol. The van der Waals surface area contributed by atoms with Crippen LogP contribution in [-0.2, 0) is 0 Å². The first-order valence-electron chi connectivity index (χ1n) is 5.92. The Morgan fingerprint density at radius 3 is 2.50 bits per heavy atom. The average Bonchev–Trinajstić information content (AvgIpc) is 2.30.